The summed E-state index contributed by atoms with van der Waals surface area (Å²) in [5, 5.41) is 9.41. The molecule has 0 aliphatic heterocycles. The Hall–Kier alpha value is -0.0369. The van der Waals surface area contributed by atoms with Crippen LogP contribution in [0.15, 0.2) is 22.8 Å². The van der Waals surface area contributed by atoms with Crippen molar-refractivity contribution < 1.29 is 31.3 Å². The Bertz CT molecular complexity index is 563. The standard InChI is InChI=1S/C10H14O.C9H13.2ClH.Zr/c1-6-5-10(11)9(4)8(3)7(6)2;1-6-5-7(2)9(4)8(6)3;;;/h5,11H,1-4H3;6H,1-4H3;2*1H;/q;-1;;;. The molecular weight excluding hydrogens is 406 g/mol. The fraction of sp³-hybridized carbons (Fsp3) is 0.474. The summed E-state index contributed by atoms with van der Waals surface area (Å²) in [4.78, 5) is 0. The van der Waals surface area contributed by atoms with Crippen molar-refractivity contribution in [2.24, 2.45) is 5.92 Å². The first-order valence-electron chi connectivity index (χ1n) is 7.21. The van der Waals surface area contributed by atoms with E-state index in [9.17, 15) is 5.11 Å². The van der Waals surface area contributed by atoms with Gasteiger partial charge >= 0.3 is 0 Å². The van der Waals surface area contributed by atoms with Crippen molar-refractivity contribution >= 4 is 24.8 Å². The van der Waals surface area contributed by atoms with E-state index in [1.807, 2.05) is 26.8 Å². The topological polar surface area (TPSA) is 20.2 Å². The zero-order chi connectivity index (χ0) is 15.6. The van der Waals surface area contributed by atoms with Gasteiger partial charge in [-0.1, -0.05) is 26.7 Å². The minimum Gasteiger partial charge on any atom is -0.508 e. The van der Waals surface area contributed by atoms with E-state index in [0.29, 0.717) is 11.7 Å². The van der Waals surface area contributed by atoms with Gasteiger partial charge < -0.3 is 5.11 Å². The number of hydrogen-bond donors (Lipinski definition) is 1. The van der Waals surface area contributed by atoms with E-state index in [1.54, 1.807) is 0 Å². The van der Waals surface area contributed by atoms with Gasteiger partial charge in [-0.3, -0.25) is 6.08 Å². The predicted molar refractivity (Wildman–Crippen MR) is 102 cm³/mol. The quantitative estimate of drug-likeness (QED) is 0.482. The number of benzene rings is 1. The molecule has 23 heavy (non-hydrogen) atoms. The summed E-state index contributed by atoms with van der Waals surface area (Å²) in [6, 6.07) is 1.82. The summed E-state index contributed by atoms with van der Waals surface area (Å²) in [6.45, 7) is 16.7. The molecule has 1 aliphatic carbocycles. The Kier molecular flexibility index (Phi) is 13.9. The smallest absolute Gasteiger partial charge is 0.119 e. The third-order valence-electron chi connectivity index (χ3n) is 4.69. The number of aromatic hydroxyl groups is 1. The molecule has 4 heteroatoms. The predicted octanol–water partition coefficient (Wildman–Crippen LogP) is 6.19. The first kappa shape index (κ1) is 27.8. The molecule has 0 heterocycles. The van der Waals surface area contributed by atoms with Crippen molar-refractivity contribution in [1.82, 2.24) is 0 Å². The minimum absolute atomic E-state index is 0. The number of halogens is 2. The van der Waals surface area contributed by atoms with Gasteiger partial charge in [-0.2, -0.15) is 11.1 Å². The van der Waals surface area contributed by atoms with Crippen molar-refractivity contribution in [2.45, 2.75) is 55.4 Å². The molecule has 2 rings (SSSR count). The summed E-state index contributed by atoms with van der Waals surface area (Å²) in [6.07, 6.45) is 3.36. The van der Waals surface area contributed by atoms with E-state index in [4.69, 9.17) is 0 Å². The average molecular weight is 436 g/mol. The molecule has 0 fully saturated rings. The van der Waals surface area contributed by atoms with Crippen LogP contribution in [-0.4, -0.2) is 5.11 Å². The second-order valence-electron chi connectivity index (χ2n) is 5.89. The molecule has 0 saturated carbocycles. The number of allylic oxidation sites excluding steroid dienone is 4. The largest absolute Gasteiger partial charge is 0.508 e. The van der Waals surface area contributed by atoms with E-state index in [-0.39, 0.29) is 51.0 Å². The molecule has 0 amide bonds. The van der Waals surface area contributed by atoms with Gasteiger partial charge in [0.05, 0.1) is 0 Å². The van der Waals surface area contributed by atoms with Gasteiger partial charge in [-0.25, -0.2) is 5.57 Å². The summed E-state index contributed by atoms with van der Waals surface area (Å²) < 4.78 is 0. The monoisotopic (exact) mass is 433 g/mol. The number of hydrogen-bond acceptors (Lipinski definition) is 1. The van der Waals surface area contributed by atoms with Crippen LogP contribution in [0.3, 0.4) is 0 Å². The van der Waals surface area contributed by atoms with Crippen LogP contribution < -0.4 is 0 Å². The summed E-state index contributed by atoms with van der Waals surface area (Å²) in [5.41, 5.74) is 8.87. The van der Waals surface area contributed by atoms with Crippen LogP contribution in [0, 0.1) is 39.7 Å². The van der Waals surface area contributed by atoms with Crippen molar-refractivity contribution in [3.63, 3.8) is 0 Å². The number of rotatable bonds is 0. The van der Waals surface area contributed by atoms with E-state index in [1.165, 1.54) is 27.8 Å². The number of phenolic OH excluding ortho intramolecular Hbond substituents is 1. The molecule has 0 saturated heterocycles. The average Bonchev–Trinajstić information content (AvgIpc) is 2.62. The van der Waals surface area contributed by atoms with Crippen molar-refractivity contribution in [2.75, 3.05) is 0 Å². The fourth-order valence-corrected chi connectivity index (χ4v) is 2.35. The minimum atomic E-state index is 0. The Labute approximate surface area is 173 Å². The Morgan fingerprint density at radius 1 is 0.870 bits per heavy atom. The molecule has 1 atom stereocenters. The molecule has 1 aliphatic rings. The van der Waals surface area contributed by atoms with Gasteiger partial charge in [0.1, 0.15) is 5.75 Å². The third-order valence-corrected chi connectivity index (χ3v) is 4.69. The molecule has 0 spiro atoms. The van der Waals surface area contributed by atoms with Crippen LogP contribution >= 0.6 is 24.8 Å². The second kappa shape index (κ2) is 11.5. The zero-order valence-electron chi connectivity index (χ0n) is 15.4. The van der Waals surface area contributed by atoms with Crippen LogP contribution in [0.5, 0.6) is 5.75 Å². The molecule has 1 aromatic carbocycles. The summed E-state index contributed by atoms with van der Waals surface area (Å²) in [7, 11) is 0. The number of phenols is 1. The van der Waals surface area contributed by atoms with Crippen LogP contribution in [-0.2, 0) is 26.2 Å². The van der Waals surface area contributed by atoms with Gasteiger partial charge in [0.2, 0.25) is 0 Å². The summed E-state index contributed by atoms with van der Waals surface area (Å²) >= 11 is 0. The van der Waals surface area contributed by atoms with Gasteiger partial charge in [-0.15, -0.1) is 31.7 Å². The van der Waals surface area contributed by atoms with Crippen LogP contribution in [0.4, 0.5) is 0 Å². The molecule has 1 unspecified atom stereocenters. The molecule has 1 N–H and O–H groups in total. The molecule has 130 valence electrons. The van der Waals surface area contributed by atoms with Crippen LogP contribution in [0.2, 0.25) is 0 Å². The number of aryl methyl sites for hydroxylation is 1. The van der Waals surface area contributed by atoms with E-state index < -0.39 is 0 Å². The van der Waals surface area contributed by atoms with Gasteiger partial charge in [0, 0.05) is 26.2 Å². The maximum Gasteiger partial charge on any atom is 0.119 e. The van der Waals surface area contributed by atoms with E-state index in [0.717, 1.165) is 11.1 Å². The summed E-state index contributed by atoms with van der Waals surface area (Å²) in [5.74, 6) is 0.968. The Morgan fingerprint density at radius 3 is 1.65 bits per heavy atom. The zero-order valence-corrected chi connectivity index (χ0v) is 19.5. The molecule has 0 radical (unpaired) electrons. The SMILES string of the molecule is CC1=[C-]C(C)C(C)=C1C.Cc1cc(O)c(C)c(C)c1C.Cl.Cl.[Zr]. The molecule has 1 aromatic rings. The van der Waals surface area contributed by atoms with E-state index in [2.05, 4.69) is 40.7 Å². The van der Waals surface area contributed by atoms with Crippen LogP contribution in [0.1, 0.15) is 49.9 Å². The molecule has 0 bridgehead atoms. The van der Waals surface area contributed by atoms with Crippen molar-refractivity contribution in [3.8, 4) is 5.75 Å². The molecular formula is C19H29Cl2OZr-. The van der Waals surface area contributed by atoms with Crippen LogP contribution in [0.25, 0.3) is 0 Å². The Balaban J connectivity index is -0.000000312. The van der Waals surface area contributed by atoms with Gasteiger partial charge in [0.15, 0.2) is 0 Å². The van der Waals surface area contributed by atoms with E-state index >= 15 is 0 Å². The molecule has 1 nitrogen and oxygen atoms in total. The fourth-order valence-electron chi connectivity index (χ4n) is 2.35. The molecule has 0 aromatic heterocycles. The van der Waals surface area contributed by atoms with Crippen molar-refractivity contribution in [3.05, 3.63) is 51.1 Å². The maximum atomic E-state index is 9.41. The van der Waals surface area contributed by atoms with Crippen molar-refractivity contribution in [1.29, 1.82) is 0 Å². The first-order chi connectivity index (χ1) is 9.16. The second-order valence-corrected chi connectivity index (χ2v) is 5.89. The normalized spacial score (nSPS) is 15.5. The Morgan fingerprint density at radius 2 is 1.35 bits per heavy atom. The van der Waals surface area contributed by atoms with Gasteiger partial charge in [-0.05, 0) is 56.0 Å². The maximum absolute atomic E-state index is 9.41. The van der Waals surface area contributed by atoms with Gasteiger partial charge in [0.25, 0.3) is 0 Å². The third kappa shape index (κ3) is 6.77. The first-order valence-corrected chi connectivity index (χ1v) is 7.21.